The Morgan fingerprint density at radius 3 is 2.47 bits per heavy atom. The van der Waals surface area contributed by atoms with E-state index in [1.807, 2.05) is 37.6 Å². The lowest BCUT2D eigenvalue weighted by molar-refractivity contribution is -0.132. The zero-order valence-corrected chi connectivity index (χ0v) is 23.0. The molecule has 0 bridgehead atoms. The van der Waals surface area contributed by atoms with Crippen molar-refractivity contribution in [1.29, 1.82) is 0 Å². The highest BCUT2D eigenvalue weighted by atomic mass is 32.2. The molecular formula is C25H30F4N4O3S2. The highest BCUT2D eigenvalue weighted by molar-refractivity contribution is 7.92. The molecule has 0 saturated carbocycles. The van der Waals surface area contributed by atoms with Crippen LogP contribution >= 0.6 is 11.3 Å². The maximum atomic E-state index is 15.2. The van der Waals surface area contributed by atoms with Gasteiger partial charge in [-0.05, 0) is 30.0 Å². The number of rotatable bonds is 10. The average molecular weight is 575 g/mol. The molecule has 13 heteroatoms. The largest absolute Gasteiger partial charge is 0.390 e. The minimum atomic E-state index is -4.50. The lowest BCUT2D eigenvalue weighted by Crippen LogP contribution is -2.40. The van der Waals surface area contributed by atoms with Crippen LogP contribution < -0.4 is 10.0 Å². The fraction of sp³-hybridized carbons (Fsp3) is 0.440. The van der Waals surface area contributed by atoms with Gasteiger partial charge in [-0.25, -0.2) is 27.3 Å². The van der Waals surface area contributed by atoms with Crippen LogP contribution in [0.5, 0.6) is 0 Å². The normalized spacial score (nSPS) is 12.4. The number of urea groups is 1. The van der Waals surface area contributed by atoms with Crippen molar-refractivity contribution in [2.24, 2.45) is 5.92 Å². The molecule has 2 N–H and O–H groups in total. The Balaban J connectivity index is 1.90. The number of thiophene rings is 1. The number of carbonyl (C=O) groups is 1. The molecular weight excluding hydrogens is 544 g/mol. The summed E-state index contributed by atoms with van der Waals surface area (Å²) < 4.78 is 81.8. The van der Waals surface area contributed by atoms with E-state index in [-0.39, 0.29) is 28.2 Å². The maximum absolute atomic E-state index is 15.2. The molecule has 2 aromatic heterocycles. The second-order valence-corrected chi connectivity index (χ2v) is 12.6. The van der Waals surface area contributed by atoms with Gasteiger partial charge in [-0.15, -0.1) is 11.3 Å². The fourth-order valence-corrected chi connectivity index (χ4v) is 6.71. The summed E-state index contributed by atoms with van der Waals surface area (Å²) in [6, 6.07) is 4.78. The molecule has 0 aliphatic carbocycles. The van der Waals surface area contributed by atoms with Crippen molar-refractivity contribution >= 4 is 27.4 Å². The summed E-state index contributed by atoms with van der Waals surface area (Å²) in [5.41, 5.74) is 0.889. The van der Waals surface area contributed by atoms with Crippen LogP contribution in [-0.4, -0.2) is 36.7 Å². The first-order valence-corrected chi connectivity index (χ1v) is 14.3. The first-order valence-electron chi connectivity index (χ1n) is 12.0. The average Bonchev–Trinajstić information content (AvgIpc) is 3.41. The van der Waals surface area contributed by atoms with Gasteiger partial charge in [-0.3, -0.25) is 0 Å². The zero-order chi connectivity index (χ0) is 28.3. The Bertz CT molecular complexity index is 1380. The topological polar surface area (TPSA) is 93.1 Å². The molecule has 2 amide bonds. The number of hydrogen-bond acceptors (Lipinski definition) is 5. The van der Waals surface area contributed by atoms with E-state index >= 15 is 4.39 Å². The van der Waals surface area contributed by atoms with Crippen molar-refractivity contribution in [2.45, 2.75) is 63.4 Å². The number of sulfonamides is 1. The number of halogens is 4. The summed E-state index contributed by atoms with van der Waals surface area (Å²) in [7, 11) is -4.46. The molecule has 38 heavy (non-hydrogen) atoms. The number of alkyl halides is 3. The maximum Gasteiger partial charge on any atom is 0.390 e. The Labute approximate surface area is 223 Å². The van der Waals surface area contributed by atoms with Crippen LogP contribution in [0.1, 0.15) is 56.3 Å². The van der Waals surface area contributed by atoms with E-state index in [0.29, 0.717) is 22.4 Å². The quantitative estimate of drug-likeness (QED) is 0.288. The lowest BCUT2D eigenvalue weighted by Gasteiger charge is -2.13. The summed E-state index contributed by atoms with van der Waals surface area (Å²) in [6.45, 7) is 7.34. The number of carbonyl (C=O) groups excluding carboxylic acids is 1. The van der Waals surface area contributed by atoms with E-state index in [4.69, 9.17) is 0 Å². The first-order chi connectivity index (χ1) is 17.7. The number of aromatic nitrogens is 2. The predicted octanol–water partition coefficient (Wildman–Crippen LogP) is 6.06. The van der Waals surface area contributed by atoms with E-state index in [0.717, 1.165) is 17.2 Å². The van der Waals surface area contributed by atoms with Gasteiger partial charge in [-0.1, -0.05) is 39.8 Å². The van der Waals surface area contributed by atoms with Gasteiger partial charge in [0.2, 0.25) is 0 Å². The number of benzene rings is 1. The van der Waals surface area contributed by atoms with Crippen molar-refractivity contribution in [3.05, 3.63) is 58.7 Å². The SMILES string of the molecule is CC(C)Cc1cc(-c2ccc(Cn3ccnc3C(C)C)c(F)c2)c(S(=O)(=O)NC(=O)NCCC(F)(F)F)s1. The molecule has 7 nitrogen and oxygen atoms in total. The molecule has 0 aliphatic heterocycles. The summed E-state index contributed by atoms with van der Waals surface area (Å²) >= 11 is 0.933. The van der Waals surface area contributed by atoms with Crippen LogP contribution in [0.4, 0.5) is 22.4 Å². The van der Waals surface area contributed by atoms with Gasteiger partial charge in [0.15, 0.2) is 0 Å². The molecule has 0 spiro atoms. The van der Waals surface area contributed by atoms with E-state index in [1.165, 1.54) is 6.07 Å². The standard InChI is InChI=1S/C25H30F4N4O3S2/c1-15(2)11-19-13-20(23(37-19)38(35,36)32-24(34)31-8-7-25(27,28)29)17-5-6-18(21(26)12-17)14-33-10-9-30-22(33)16(3)4/h5-6,9-10,12-13,15-16H,7-8,11,14H2,1-4H3,(H2,31,32,34). The summed E-state index contributed by atoms with van der Waals surface area (Å²) in [5.74, 6) is 0.602. The summed E-state index contributed by atoms with van der Waals surface area (Å²) in [5, 5.41) is 1.90. The van der Waals surface area contributed by atoms with E-state index < -0.39 is 41.0 Å². The monoisotopic (exact) mass is 574 g/mol. The van der Waals surface area contributed by atoms with Crippen molar-refractivity contribution in [3.8, 4) is 11.1 Å². The van der Waals surface area contributed by atoms with Crippen LogP contribution in [-0.2, 0) is 23.0 Å². The van der Waals surface area contributed by atoms with Gasteiger partial charge in [0, 0.05) is 40.9 Å². The van der Waals surface area contributed by atoms with Crippen molar-refractivity contribution in [3.63, 3.8) is 0 Å². The number of hydrogen-bond donors (Lipinski definition) is 2. The molecule has 3 aromatic rings. The molecule has 0 radical (unpaired) electrons. The van der Waals surface area contributed by atoms with Crippen LogP contribution in [0.3, 0.4) is 0 Å². The van der Waals surface area contributed by atoms with Crippen molar-refractivity contribution in [1.82, 2.24) is 19.6 Å². The Morgan fingerprint density at radius 2 is 1.87 bits per heavy atom. The zero-order valence-electron chi connectivity index (χ0n) is 21.4. The Kier molecular flexibility index (Phi) is 9.24. The molecule has 1 aromatic carbocycles. The second-order valence-electron chi connectivity index (χ2n) is 9.61. The van der Waals surface area contributed by atoms with E-state index in [2.05, 4.69) is 4.98 Å². The number of amides is 2. The highest BCUT2D eigenvalue weighted by Gasteiger charge is 2.29. The summed E-state index contributed by atoms with van der Waals surface area (Å²) in [4.78, 5) is 17.1. The van der Waals surface area contributed by atoms with Gasteiger partial charge in [0.25, 0.3) is 10.0 Å². The van der Waals surface area contributed by atoms with Gasteiger partial charge in [0.05, 0.1) is 13.0 Å². The Morgan fingerprint density at radius 1 is 1.16 bits per heavy atom. The van der Waals surface area contributed by atoms with Crippen LogP contribution in [0.25, 0.3) is 11.1 Å². The second kappa shape index (κ2) is 11.9. The van der Waals surface area contributed by atoms with Gasteiger partial charge in [0.1, 0.15) is 15.9 Å². The highest BCUT2D eigenvalue weighted by Crippen LogP contribution is 2.37. The minimum Gasteiger partial charge on any atom is -0.337 e. The number of nitrogens with one attached hydrogen (secondary N) is 2. The summed E-state index contributed by atoms with van der Waals surface area (Å²) in [6.07, 6.45) is -1.84. The van der Waals surface area contributed by atoms with Crippen LogP contribution in [0.2, 0.25) is 0 Å². The van der Waals surface area contributed by atoms with Gasteiger partial charge >= 0.3 is 12.2 Å². The van der Waals surface area contributed by atoms with Crippen molar-refractivity contribution in [2.75, 3.05) is 6.54 Å². The van der Waals surface area contributed by atoms with Crippen LogP contribution in [0, 0.1) is 11.7 Å². The Hall–Kier alpha value is -2.93. The smallest absolute Gasteiger partial charge is 0.337 e. The minimum absolute atomic E-state index is 0.142. The third-order valence-electron chi connectivity index (χ3n) is 5.49. The fourth-order valence-electron chi connectivity index (χ4n) is 3.83. The molecule has 0 unspecified atom stereocenters. The molecule has 2 heterocycles. The third-order valence-corrected chi connectivity index (χ3v) is 8.51. The molecule has 0 atom stereocenters. The molecule has 0 saturated heterocycles. The molecule has 0 aliphatic rings. The van der Waals surface area contributed by atoms with Gasteiger partial charge < -0.3 is 9.88 Å². The number of nitrogens with zero attached hydrogens (tertiary/aromatic N) is 2. The molecule has 3 rings (SSSR count). The van der Waals surface area contributed by atoms with E-state index in [1.54, 1.807) is 35.3 Å². The number of imidazole rings is 1. The van der Waals surface area contributed by atoms with Crippen LogP contribution in [0.15, 0.2) is 40.9 Å². The lowest BCUT2D eigenvalue weighted by atomic mass is 10.0. The predicted molar refractivity (Wildman–Crippen MR) is 138 cm³/mol. The van der Waals surface area contributed by atoms with Gasteiger partial charge in [-0.2, -0.15) is 13.2 Å². The first kappa shape index (κ1) is 29.6. The van der Waals surface area contributed by atoms with E-state index in [9.17, 15) is 26.4 Å². The van der Waals surface area contributed by atoms with Crippen molar-refractivity contribution < 1.29 is 30.8 Å². The molecule has 208 valence electrons. The third kappa shape index (κ3) is 7.79. The molecule has 0 fully saturated rings.